The molecule has 0 radical (unpaired) electrons. The van der Waals surface area contributed by atoms with E-state index in [9.17, 15) is 18.0 Å². The second-order valence-corrected chi connectivity index (χ2v) is 8.15. The predicted octanol–water partition coefficient (Wildman–Crippen LogP) is 2.40. The average molecular weight is 445 g/mol. The number of hydrogen-bond acceptors (Lipinski definition) is 6. The number of benzene rings is 1. The predicted molar refractivity (Wildman–Crippen MR) is 109 cm³/mol. The number of aromatic amines is 1. The van der Waals surface area contributed by atoms with Crippen LogP contribution in [0.2, 0.25) is 0 Å². The van der Waals surface area contributed by atoms with Gasteiger partial charge in [-0.05, 0) is 25.0 Å². The molecule has 2 fully saturated rings. The average Bonchev–Trinajstić information content (AvgIpc) is 3.31. The summed E-state index contributed by atoms with van der Waals surface area (Å²) < 4.78 is 49.6. The first-order valence-corrected chi connectivity index (χ1v) is 10.3. The number of imidazole rings is 2. The van der Waals surface area contributed by atoms with Crippen LogP contribution >= 0.6 is 0 Å². The first-order chi connectivity index (χ1) is 15.4. The number of anilines is 1. The number of aromatic nitrogens is 6. The molecule has 0 bridgehead atoms. The van der Waals surface area contributed by atoms with Crippen LogP contribution < -0.4 is 10.6 Å². The number of nitrogens with one attached hydrogen (secondary N) is 1. The van der Waals surface area contributed by atoms with Crippen LogP contribution in [0.4, 0.5) is 19.0 Å². The van der Waals surface area contributed by atoms with Gasteiger partial charge >= 0.3 is 5.69 Å². The Balaban J connectivity index is 1.58. The Morgan fingerprint density at radius 1 is 1.16 bits per heavy atom. The van der Waals surface area contributed by atoms with Gasteiger partial charge in [0.25, 0.3) is 5.92 Å². The summed E-state index contributed by atoms with van der Waals surface area (Å²) in [7, 11) is 0. The van der Waals surface area contributed by atoms with Crippen LogP contribution in [0.1, 0.15) is 18.9 Å². The highest BCUT2D eigenvalue weighted by atomic mass is 19.3. The first-order valence-electron chi connectivity index (χ1n) is 10.3. The molecular formula is C20H18F3N7O2. The third kappa shape index (κ3) is 2.97. The van der Waals surface area contributed by atoms with Gasteiger partial charge < -0.3 is 14.6 Å². The third-order valence-electron chi connectivity index (χ3n) is 5.96. The molecule has 12 heteroatoms. The van der Waals surface area contributed by atoms with Crippen molar-refractivity contribution in [1.29, 1.82) is 0 Å². The normalized spacial score (nSPS) is 19.0. The topological polar surface area (TPSA) is 93.9 Å². The molecule has 0 saturated carbocycles. The van der Waals surface area contributed by atoms with Crippen molar-refractivity contribution in [1.82, 2.24) is 29.1 Å². The molecule has 2 saturated heterocycles. The van der Waals surface area contributed by atoms with Crippen molar-refractivity contribution in [2.24, 2.45) is 0 Å². The van der Waals surface area contributed by atoms with Gasteiger partial charge in [-0.3, -0.25) is 9.13 Å². The lowest BCUT2D eigenvalue weighted by molar-refractivity contribution is -0.0265. The Kier molecular flexibility index (Phi) is 4.09. The summed E-state index contributed by atoms with van der Waals surface area (Å²) in [4.78, 5) is 30.4. The Labute approximate surface area is 178 Å². The lowest BCUT2D eigenvalue weighted by Gasteiger charge is -2.39. The molecule has 166 valence electrons. The highest BCUT2D eigenvalue weighted by Crippen LogP contribution is 2.35. The SMILES string of the molecule is O=c1[nH]c2c(N3CC(F)(F)C3)nc(-n3cnc4ccc(F)cc43)nc2n1C1CCOCC1. The molecule has 4 aromatic rings. The van der Waals surface area contributed by atoms with Crippen LogP contribution in [0.5, 0.6) is 0 Å². The summed E-state index contributed by atoms with van der Waals surface area (Å²) in [5.41, 5.74) is 1.20. The molecule has 0 amide bonds. The number of rotatable bonds is 3. The summed E-state index contributed by atoms with van der Waals surface area (Å²) in [6.07, 6.45) is 2.70. The Bertz CT molecular complexity index is 1400. The molecule has 6 rings (SSSR count). The summed E-state index contributed by atoms with van der Waals surface area (Å²) in [5, 5.41) is 0. The van der Waals surface area contributed by atoms with E-state index < -0.39 is 24.8 Å². The summed E-state index contributed by atoms with van der Waals surface area (Å²) in [6, 6.07) is 3.99. The van der Waals surface area contributed by atoms with Gasteiger partial charge in [0.1, 0.15) is 17.7 Å². The van der Waals surface area contributed by atoms with Crippen molar-refractivity contribution >= 4 is 28.0 Å². The number of fused-ring (bicyclic) bond motifs is 2. The number of alkyl halides is 2. The van der Waals surface area contributed by atoms with Crippen LogP contribution in [-0.4, -0.2) is 61.3 Å². The molecule has 0 aliphatic carbocycles. The van der Waals surface area contributed by atoms with E-state index in [4.69, 9.17) is 4.74 Å². The molecule has 1 N–H and O–H groups in total. The molecular weight excluding hydrogens is 427 g/mol. The number of nitrogens with zero attached hydrogens (tertiary/aromatic N) is 6. The monoisotopic (exact) mass is 445 g/mol. The third-order valence-corrected chi connectivity index (χ3v) is 5.96. The van der Waals surface area contributed by atoms with Gasteiger partial charge in [0, 0.05) is 25.3 Å². The molecule has 2 aliphatic rings. The van der Waals surface area contributed by atoms with Gasteiger partial charge in [0.05, 0.1) is 24.1 Å². The quantitative estimate of drug-likeness (QED) is 0.521. The summed E-state index contributed by atoms with van der Waals surface area (Å²) >= 11 is 0. The molecule has 0 atom stereocenters. The summed E-state index contributed by atoms with van der Waals surface area (Å²) in [5.74, 6) is -2.96. The minimum absolute atomic E-state index is 0.121. The first kappa shape index (κ1) is 19.3. The maximum Gasteiger partial charge on any atom is 0.328 e. The number of halogens is 3. The highest BCUT2D eigenvalue weighted by molar-refractivity contribution is 5.86. The van der Waals surface area contributed by atoms with Crippen LogP contribution in [0.25, 0.3) is 28.1 Å². The van der Waals surface area contributed by atoms with E-state index >= 15 is 0 Å². The molecule has 0 spiro atoms. The number of hydrogen-bond donors (Lipinski definition) is 1. The molecule has 2 aliphatic heterocycles. The lowest BCUT2D eigenvalue weighted by atomic mass is 10.1. The van der Waals surface area contributed by atoms with Gasteiger partial charge in [0.15, 0.2) is 11.5 Å². The minimum atomic E-state index is -2.83. The van der Waals surface area contributed by atoms with E-state index in [1.807, 2.05) is 0 Å². The second kappa shape index (κ2) is 6.79. The zero-order valence-electron chi connectivity index (χ0n) is 16.8. The molecule has 0 unspecified atom stereocenters. The lowest BCUT2D eigenvalue weighted by Crippen LogP contribution is -2.56. The zero-order valence-corrected chi connectivity index (χ0v) is 16.8. The van der Waals surface area contributed by atoms with E-state index in [1.54, 1.807) is 4.57 Å². The number of ether oxygens (including phenoxy) is 1. The van der Waals surface area contributed by atoms with Gasteiger partial charge in [-0.25, -0.2) is 22.9 Å². The van der Waals surface area contributed by atoms with Gasteiger partial charge in [0.2, 0.25) is 5.95 Å². The van der Waals surface area contributed by atoms with E-state index in [-0.39, 0.29) is 23.5 Å². The molecule has 3 aromatic heterocycles. The molecule has 5 heterocycles. The maximum absolute atomic E-state index is 13.9. The van der Waals surface area contributed by atoms with Gasteiger partial charge in [-0.15, -0.1) is 0 Å². The van der Waals surface area contributed by atoms with Gasteiger partial charge in [-0.2, -0.15) is 9.97 Å². The van der Waals surface area contributed by atoms with Crippen LogP contribution in [0.15, 0.2) is 29.3 Å². The van der Waals surface area contributed by atoms with Crippen molar-refractivity contribution in [2.75, 3.05) is 31.2 Å². The van der Waals surface area contributed by atoms with Crippen LogP contribution in [-0.2, 0) is 4.74 Å². The maximum atomic E-state index is 13.9. The molecule has 32 heavy (non-hydrogen) atoms. The van der Waals surface area contributed by atoms with Gasteiger partial charge in [-0.1, -0.05) is 0 Å². The van der Waals surface area contributed by atoms with Crippen molar-refractivity contribution in [2.45, 2.75) is 24.8 Å². The number of H-pyrrole nitrogens is 1. The van der Waals surface area contributed by atoms with Crippen LogP contribution in [0.3, 0.4) is 0 Å². The fraction of sp³-hybridized carbons (Fsp3) is 0.400. The fourth-order valence-electron chi connectivity index (χ4n) is 4.40. The molecule has 1 aromatic carbocycles. The van der Waals surface area contributed by atoms with E-state index in [0.717, 1.165) is 0 Å². The van der Waals surface area contributed by atoms with E-state index in [0.29, 0.717) is 48.3 Å². The summed E-state index contributed by atoms with van der Waals surface area (Å²) in [6.45, 7) is 0.00138. The Morgan fingerprint density at radius 2 is 1.94 bits per heavy atom. The second-order valence-electron chi connectivity index (χ2n) is 8.15. The van der Waals surface area contributed by atoms with Crippen molar-refractivity contribution in [3.63, 3.8) is 0 Å². The smallest absolute Gasteiger partial charge is 0.328 e. The largest absolute Gasteiger partial charge is 0.381 e. The van der Waals surface area contributed by atoms with Crippen molar-refractivity contribution in [3.8, 4) is 5.95 Å². The Morgan fingerprint density at radius 3 is 2.69 bits per heavy atom. The standard InChI is InChI=1S/C20H18F3N7O2/c21-11-1-2-13-14(7-11)29(10-24-13)18-26-16(28-8-20(22,23)9-28)15-17(27-18)30(19(31)25-15)12-3-5-32-6-4-12/h1-2,7,10,12H,3-6,8-9H2,(H,25,31). The molecule has 9 nitrogen and oxygen atoms in total. The highest BCUT2D eigenvalue weighted by Gasteiger charge is 2.45. The zero-order chi connectivity index (χ0) is 22.0. The minimum Gasteiger partial charge on any atom is -0.381 e. The van der Waals surface area contributed by atoms with E-state index in [1.165, 1.54) is 34.0 Å². The van der Waals surface area contributed by atoms with Crippen molar-refractivity contribution in [3.05, 3.63) is 40.8 Å². The Hall–Kier alpha value is -3.41. The fourth-order valence-corrected chi connectivity index (χ4v) is 4.40. The van der Waals surface area contributed by atoms with E-state index in [2.05, 4.69) is 19.9 Å². The van der Waals surface area contributed by atoms with Crippen molar-refractivity contribution < 1.29 is 17.9 Å². The van der Waals surface area contributed by atoms with Crippen LogP contribution in [0, 0.1) is 5.82 Å².